The second kappa shape index (κ2) is 4.68. The minimum absolute atomic E-state index is 0.0123. The molecule has 2 rings (SSSR count). The predicted molar refractivity (Wildman–Crippen MR) is 65.4 cm³/mol. The molecule has 0 spiro atoms. The van der Waals surface area contributed by atoms with E-state index in [1.807, 2.05) is 35.8 Å². The average molecular weight is 236 g/mol. The Kier molecular flexibility index (Phi) is 3.27. The molecule has 2 N–H and O–H groups in total. The molecular weight excluding hydrogens is 222 g/mol. The van der Waals surface area contributed by atoms with Gasteiger partial charge in [-0.1, -0.05) is 23.7 Å². The van der Waals surface area contributed by atoms with Crippen molar-refractivity contribution in [2.75, 3.05) is 0 Å². The van der Waals surface area contributed by atoms with Gasteiger partial charge in [0, 0.05) is 23.8 Å². The maximum Gasteiger partial charge on any atom is 0.0951 e. The second-order valence-corrected chi connectivity index (χ2v) is 4.30. The summed E-state index contributed by atoms with van der Waals surface area (Å²) in [7, 11) is 0. The van der Waals surface area contributed by atoms with E-state index in [1.165, 1.54) is 0 Å². The van der Waals surface area contributed by atoms with E-state index in [2.05, 4.69) is 4.98 Å². The van der Waals surface area contributed by atoms with Gasteiger partial charge in [0.15, 0.2) is 0 Å². The van der Waals surface area contributed by atoms with Crippen LogP contribution in [0.4, 0.5) is 0 Å². The van der Waals surface area contributed by atoms with E-state index in [9.17, 15) is 0 Å². The summed E-state index contributed by atoms with van der Waals surface area (Å²) in [5, 5.41) is 0.750. The highest BCUT2D eigenvalue weighted by Gasteiger charge is 2.06. The third kappa shape index (κ3) is 2.43. The predicted octanol–water partition coefficient (Wildman–Crippen LogP) is 2.60. The van der Waals surface area contributed by atoms with E-state index >= 15 is 0 Å². The van der Waals surface area contributed by atoms with E-state index in [-0.39, 0.29) is 6.04 Å². The van der Waals surface area contributed by atoms with Crippen molar-refractivity contribution in [2.24, 2.45) is 5.73 Å². The minimum atomic E-state index is -0.0123. The molecule has 1 atom stereocenters. The van der Waals surface area contributed by atoms with Crippen LogP contribution in [0.15, 0.2) is 36.8 Å². The first-order chi connectivity index (χ1) is 7.66. The number of nitrogens with two attached hydrogens (primary N) is 1. The van der Waals surface area contributed by atoms with Crippen molar-refractivity contribution < 1.29 is 0 Å². The highest BCUT2D eigenvalue weighted by atomic mass is 35.5. The van der Waals surface area contributed by atoms with E-state index in [1.54, 1.807) is 12.5 Å². The molecule has 3 nitrogen and oxygen atoms in total. The number of imidazole rings is 1. The Bertz CT molecular complexity index is 477. The van der Waals surface area contributed by atoms with Gasteiger partial charge in [0.2, 0.25) is 0 Å². The topological polar surface area (TPSA) is 43.8 Å². The molecule has 0 aliphatic carbocycles. The standard InChI is InChI=1S/C12H14ClN3/c1-9(14)12-6-15-8-16(12)7-10-3-2-4-11(13)5-10/h2-6,8-9H,7,14H2,1H3. The van der Waals surface area contributed by atoms with Crippen molar-refractivity contribution in [3.63, 3.8) is 0 Å². The summed E-state index contributed by atoms with van der Waals surface area (Å²) in [6.45, 7) is 2.70. The average Bonchev–Trinajstić information content (AvgIpc) is 2.66. The van der Waals surface area contributed by atoms with E-state index in [4.69, 9.17) is 17.3 Å². The molecule has 1 heterocycles. The Hall–Kier alpha value is -1.32. The van der Waals surface area contributed by atoms with Crippen LogP contribution < -0.4 is 5.73 Å². The molecule has 0 saturated carbocycles. The van der Waals surface area contributed by atoms with Crippen LogP contribution in [0.25, 0.3) is 0 Å². The molecule has 0 fully saturated rings. The summed E-state index contributed by atoms with van der Waals surface area (Å²) in [5.41, 5.74) is 8.03. The molecule has 4 heteroatoms. The fourth-order valence-corrected chi connectivity index (χ4v) is 1.89. The molecule has 0 aliphatic heterocycles. The summed E-state index contributed by atoms with van der Waals surface area (Å²) < 4.78 is 2.04. The number of benzene rings is 1. The van der Waals surface area contributed by atoms with Gasteiger partial charge in [-0.15, -0.1) is 0 Å². The lowest BCUT2D eigenvalue weighted by Gasteiger charge is -2.10. The van der Waals surface area contributed by atoms with Gasteiger partial charge in [-0.2, -0.15) is 0 Å². The van der Waals surface area contributed by atoms with Crippen molar-refractivity contribution in [2.45, 2.75) is 19.5 Å². The highest BCUT2D eigenvalue weighted by Crippen LogP contribution is 2.14. The van der Waals surface area contributed by atoms with E-state index in [0.29, 0.717) is 0 Å². The normalized spacial score (nSPS) is 12.7. The Morgan fingerprint density at radius 3 is 3.00 bits per heavy atom. The first-order valence-corrected chi connectivity index (χ1v) is 5.54. The number of hydrogen-bond donors (Lipinski definition) is 1. The van der Waals surface area contributed by atoms with E-state index < -0.39 is 0 Å². The van der Waals surface area contributed by atoms with Gasteiger partial charge >= 0.3 is 0 Å². The third-order valence-electron chi connectivity index (χ3n) is 2.45. The number of nitrogens with zero attached hydrogens (tertiary/aromatic N) is 2. The number of rotatable bonds is 3. The first-order valence-electron chi connectivity index (χ1n) is 5.17. The maximum atomic E-state index is 5.94. The van der Waals surface area contributed by atoms with Crippen molar-refractivity contribution in [1.82, 2.24) is 9.55 Å². The number of aromatic nitrogens is 2. The first kappa shape index (κ1) is 11.2. The fourth-order valence-electron chi connectivity index (χ4n) is 1.67. The third-order valence-corrected chi connectivity index (χ3v) is 2.69. The lowest BCUT2D eigenvalue weighted by atomic mass is 10.2. The van der Waals surface area contributed by atoms with Gasteiger partial charge in [0.25, 0.3) is 0 Å². The smallest absolute Gasteiger partial charge is 0.0951 e. The van der Waals surface area contributed by atoms with Gasteiger partial charge in [-0.3, -0.25) is 0 Å². The molecule has 1 unspecified atom stereocenters. The second-order valence-electron chi connectivity index (χ2n) is 3.87. The molecule has 1 aromatic heterocycles. The molecular formula is C12H14ClN3. The zero-order valence-corrected chi connectivity index (χ0v) is 9.85. The number of hydrogen-bond acceptors (Lipinski definition) is 2. The summed E-state index contributed by atoms with van der Waals surface area (Å²) in [5.74, 6) is 0. The van der Waals surface area contributed by atoms with Crippen molar-refractivity contribution in [3.05, 3.63) is 53.1 Å². The van der Waals surface area contributed by atoms with Gasteiger partial charge < -0.3 is 10.3 Å². The summed E-state index contributed by atoms with van der Waals surface area (Å²) in [6, 6.07) is 7.79. The molecule has 2 aromatic rings. The van der Waals surface area contributed by atoms with Crippen LogP contribution in [0.2, 0.25) is 5.02 Å². The molecule has 1 aromatic carbocycles. The molecule has 0 saturated heterocycles. The zero-order chi connectivity index (χ0) is 11.5. The summed E-state index contributed by atoms with van der Waals surface area (Å²) >= 11 is 5.94. The Labute approximate surface area is 99.9 Å². The molecule has 0 amide bonds. The van der Waals surface area contributed by atoms with Crippen LogP contribution in [0.1, 0.15) is 24.2 Å². The maximum absolute atomic E-state index is 5.94. The zero-order valence-electron chi connectivity index (χ0n) is 9.10. The lowest BCUT2D eigenvalue weighted by Crippen LogP contribution is -2.12. The molecule has 16 heavy (non-hydrogen) atoms. The van der Waals surface area contributed by atoms with Crippen molar-refractivity contribution >= 4 is 11.6 Å². The Morgan fingerprint density at radius 2 is 2.31 bits per heavy atom. The summed E-state index contributed by atoms with van der Waals surface area (Å²) in [4.78, 5) is 4.11. The van der Waals surface area contributed by atoms with Crippen LogP contribution in [-0.4, -0.2) is 9.55 Å². The largest absolute Gasteiger partial charge is 0.329 e. The van der Waals surface area contributed by atoms with E-state index in [0.717, 1.165) is 22.8 Å². The van der Waals surface area contributed by atoms with Gasteiger partial charge in [-0.25, -0.2) is 4.98 Å². The monoisotopic (exact) mass is 235 g/mol. The van der Waals surface area contributed by atoms with Crippen molar-refractivity contribution in [3.8, 4) is 0 Å². The Balaban J connectivity index is 2.24. The van der Waals surface area contributed by atoms with Crippen LogP contribution in [0.5, 0.6) is 0 Å². The van der Waals surface area contributed by atoms with Crippen LogP contribution >= 0.6 is 11.6 Å². The fraction of sp³-hybridized carbons (Fsp3) is 0.250. The summed E-state index contributed by atoms with van der Waals surface area (Å²) in [6.07, 6.45) is 3.59. The van der Waals surface area contributed by atoms with Crippen LogP contribution in [0.3, 0.4) is 0 Å². The molecule has 0 bridgehead atoms. The molecule has 0 radical (unpaired) electrons. The minimum Gasteiger partial charge on any atom is -0.329 e. The van der Waals surface area contributed by atoms with Crippen molar-refractivity contribution in [1.29, 1.82) is 0 Å². The van der Waals surface area contributed by atoms with Crippen LogP contribution in [0, 0.1) is 0 Å². The van der Waals surface area contributed by atoms with Gasteiger partial charge in [0.05, 0.1) is 12.0 Å². The number of halogens is 1. The quantitative estimate of drug-likeness (QED) is 0.889. The SMILES string of the molecule is CC(N)c1cncn1Cc1cccc(Cl)c1. The van der Waals surface area contributed by atoms with Gasteiger partial charge in [0.1, 0.15) is 0 Å². The Morgan fingerprint density at radius 1 is 1.50 bits per heavy atom. The lowest BCUT2D eigenvalue weighted by molar-refractivity contribution is 0.674. The molecule has 0 aliphatic rings. The molecule has 84 valence electrons. The van der Waals surface area contributed by atoms with Gasteiger partial charge in [-0.05, 0) is 24.6 Å². The highest BCUT2D eigenvalue weighted by molar-refractivity contribution is 6.30. The van der Waals surface area contributed by atoms with Crippen LogP contribution in [-0.2, 0) is 6.54 Å².